The second kappa shape index (κ2) is 12.9. The molecule has 6 heteroatoms. The molecule has 1 saturated carbocycles. The standard InChI is InChI=1S/C33H39FN2O3/c1-33(2,3)28-15-9-10-16-30(28)39-23-31(37)36(22-25-17-19-26(34)20-18-25)29(21-24-11-5-4-6-12-24)32(38)35-27-13-7-8-14-27/h4-6,9-12,15-20,27,29H,7-8,13-14,21-23H2,1-3H3,(H,35,38). The molecule has 0 saturated heterocycles. The number of rotatable bonds is 10. The van der Waals surface area contributed by atoms with Crippen LogP contribution in [0.4, 0.5) is 4.39 Å². The van der Waals surface area contributed by atoms with Gasteiger partial charge in [0.2, 0.25) is 5.91 Å². The summed E-state index contributed by atoms with van der Waals surface area (Å²) in [5.41, 5.74) is 2.54. The highest BCUT2D eigenvalue weighted by Gasteiger charge is 2.32. The maximum Gasteiger partial charge on any atom is 0.261 e. The van der Waals surface area contributed by atoms with Gasteiger partial charge in [-0.1, -0.05) is 94.3 Å². The Morgan fingerprint density at radius 2 is 1.56 bits per heavy atom. The lowest BCUT2D eigenvalue weighted by atomic mass is 9.86. The summed E-state index contributed by atoms with van der Waals surface area (Å²) >= 11 is 0. The van der Waals surface area contributed by atoms with Crippen molar-refractivity contribution in [2.45, 2.75) is 76.9 Å². The highest BCUT2D eigenvalue weighted by molar-refractivity contribution is 5.88. The fourth-order valence-corrected chi connectivity index (χ4v) is 5.14. The summed E-state index contributed by atoms with van der Waals surface area (Å²) in [6, 6.07) is 22.9. The topological polar surface area (TPSA) is 58.6 Å². The van der Waals surface area contributed by atoms with Crippen LogP contribution < -0.4 is 10.1 Å². The van der Waals surface area contributed by atoms with Crippen molar-refractivity contribution in [3.63, 3.8) is 0 Å². The van der Waals surface area contributed by atoms with Crippen LogP contribution in [0.25, 0.3) is 0 Å². The Morgan fingerprint density at radius 1 is 0.923 bits per heavy atom. The van der Waals surface area contributed by atoms with Gasteiger partial charge in [-0.15, -0.1) is 0 Å². The Labute approximate surface area is 231 Å². The van der Waals surface area contributed by atoms with Crippen LogP contribution in [-0.2, 0) is 28.0 Å². The number of hydrogen-bond acceptors (Lipinski definition) is 3. The molecular weight excluding hydrogens is 491 g/mol. The zero-order valence-corrected chi connectivity index (χ0v) is 23.2. The fraction of sp³-hybridized carbons (Fsp3) is 0.394. The molecule has 4 rings (SSSR count). The van der Waals surface area contributed by atoms with Crippen molar-refractivity contribution >= 4 is 11.8 Å². The van der Waals surface area contributed by atoms with Crippen molar-refractivity contribution in [3.8, 4) is 5.75 Å². The van der Waals surface area contributed by atoms with E-state index in [2.05, 4.69) is 26.1 Å². The average molecular weight is 531 g/mol. The van der Waals surface area contributed by atoms with Gasteiger partial charge in [-0.3, -0.25) is 9.59 Å². The van der Waals surface area contributed by atoms with Crippen molar-refractivity contribution in [2.24, 2.45) is 0 Å². The number of hydrogen-bond donors (Lipinski definition) is 1. The van der Waals surface area contributed by atoms with Crippen LogP contribution in [0.15, 0.2) is 78.9 Å². The molecule has 3 aromatic rings. The van der Waals surface area contributed by atoms with E-state index in [1.54, 1.807) is 17.0 Å². The van der Waals surface area contributed by atoms with Gasteiger partial charge in [0.1, 0.15) is 17.6 Å². The molecular formula is C33H39FN2O3. The monoisotopic (exact) mass is 530 g/mol. The molecule has 1 N–H and O–H groups in total. The first-order valence-corrected chi connectivity index (χ1v) is 13.8. The van der Waals surface area contributed by atoms with Gasteiger partial charge in [-0.2, -0.15) is 0 Å². The molecule has 1 aliphatic rings. The first-order valence-electron chi connectivity index (χ1n) is 13.8. The van der Waals surface area contributed by atoms with E-state index in [-0.39, 0.29) is 42.2 Å². The quantitative estimate of drug-likeness (QED) is 0.340. The SMILES string of the molecule is CC(C)(C)c1ccccc1OCC(=O)N(Cc1ccc(F)cc1)C(Cc1ccccc1)C(=O)NC1CCCC1. The van der Waals surface area contributed by atoms with Gasteiger partial charge < -0.3 is 15.0 Å². The number of benzene rings is 3. The summed E-state index contributed by atoms with van der Waals surface area (Å²) in [6.07, 6.45) is 4.44. The summed E-state index contributed by atoms with van der Waals surface area (Å²) in [7, 11) is 0. The molecule has 1 unspecified atom stereocenters. The van der Waals surface area contributed by atoms with E-state index in [9.17, 15) is 14.0 Å². The highest BCUT2D eigenvalue weighted by Crippen LogP contribution is 2.31. The molecule has 5 nitrogen and oxygen atoms in total. The molecule has 0 spiro atoms. The lowest BCUT2D eigenvalue weighted by molar-refractivity contribution is -0.143. The van der Waals surface area contributed by atoms with E-state index >= 15 is 0 Å². The van der Waals surface area contributed by atoms with Crippen LogP contribution in [0.5, 0.6) is 5.75 Å². The van der Waals surface area contributed by atoms with Crippen molar-refractivity contribution in [1.82, 2.24) is 10.2 Å². The summed E-state index contributed by atoms with van der Waals surface area (Å²) < 4.78 is 19.8. The van der Waals surface area contributed by atoms with E-state index in [1.165, 1.54) is 12.1 Å². The van der Waals surface area contributed by atoms with Crippen LogP contribution in [0.1, 0.15) is 63.1 Å². The summed E-state index contributed by atoms with van der Waals surface area (Å²) in [5.74, 6) is -0.171. The predicted octanol–water partition coefficient (Wildman–Crippen LogP) is 6.20. The Bertz CT molecular complexity index is 1230. The van der Waals surface area contributed by atoms with Gasteiger partial charge in [-0.25, -0.2) is 4.39 Å². The normalized spacial score (nSPS) is 14.6. The largest absolute Gasteiger partial charge is 0.483 e. The third kappa shape index (κ3) is 7.92. The minimum Gasteiger partial charge on any atom is -0.483 e. The van der Waals surface area contributed by atoms with Crippen molar-refractivity contribution in [2.75, 3.05) is 6.61 Å². The number of ether oxygens (including phenoxy) is 1. The molecule has 206 valence electrons. The summed E-state index contributed by atoms with van der Waals surface area (Å²) in [5, 5.41) is 3.20. The first-order chi connectivity index (χ1) is 18.7. The number of nitrogens with one attached hydrogen (secondary N) is 1. The Kier molecular flexibility index (Phi) is 9.39. The zero-order valence-electron chi connectivity index (χ0n) is 23.2. The Morgan fingerprint density at radius 3 is 2.23 bits per heavy atom. The van der Waals surface area contributed by atoms with Crippen molar-refractivity contribution < 1.29 is 18.7 Å². The summed E-state index contributed by atoms with van der Waals surface area (Å²) in [4.78, 5) is 29.2. The van der Waals surface area contributed by atoms with Gasteiger partial charge in [0.25, 0.3) is 5.91 Å². The minimum absolute atomic E-state index is 0.119. The molecule has 2 amide bonds. The molecule has 39 heavy (non-hydrogen) atoms. The third-order valence-corrected chi connectivity index (χ3v) is 7.29. The van der Waals surface area contributed by atoms with Crippen LogP contribution in [0.2, 0.25) is 0 Å². The van der Waals surface area contributed by atoms with Crippen LogP contribution in [0, 0.1) is 5.82 Å². The molecule has 0 bridgehead atoms. The van der Waals surface area contributed by atoms with Gasteiger partial charge >= 0.3 is 0 Å². The van der Waals surface area contributed by atoms with Crippen LogP contribution >= 0.6 is 0 Å². The van der Waals surface area contributed by atoms with Gasteiger partial charge in [0.15, 0.2) is 6.61 Å². The van der Waals surface area contributed by atoms with E-state index in [0.717, 1.165) is 42.4 Å². The number of amides is 2. The molecule has 3 aromatic carbocycles. The highest BCUT2D eigenvalue weighted by atomic mass is 19.1. The number of carbonyl (C=O) groups excluding carboxylic acids is 2. The molecule has 0 radical (unpaired) electrons. The van der Waals surface area contributed by atoms with Gasteiger partial charge in [0.05, 0.1) is 0 Å². The zero-order chi connectivity index (χ0) is 27.8. The van der Waals surface area contributed by atoms with Crippen molar-refractivity contribution in [3.05, 3.63) is 101 Å². The maximum atomic E-state index is 13.9. The van der Waals surface area contributed by atoms with E-state index in [1.807, 2.05) is 54.6 Å². The minimum atomic E-state index is -0.744. The summed E-state index contributed by atoms with van der Waals surface area (Å²) in [6.45, 7) is 6.25. The first kappa shape index (κ1) is 28.3. The molecule has 1 fully saturated rings. The maximum absolute atomic E-state index is 13.9. The molecule has 0 aliphatic heterocycles. The second-order valence-corrected chi connectivity index (χ2v) is 11.4. The molecule has 0 heterocycles. The lowest BCUT2D eigenvalue weighted by Crippen LogP contribution is -2.53. The van der Waals surface area contributed by atoms with E-state index < -0.39 is 6.04 Å². The second-order valence-electron chi connectivity index (χ2n) is 11.4. The average Bonchev–Trinajstić information content (AvgIpc) is 3.43. The number of para-hydroxylation sites is 1. The fourth-order valence-electron chi connectivity index (χ4n) is 5.14. The van der Waals surface area contributed by atoms with Crippen molar-refractivity contribution in [1.29, 1.82) is 0 Å². The third-order valence-electron chi connectivity index (χ3n) is 7.29. The lowest BCUT2D eigenvalue weighted by Gasteiger charge is -2.32. The smallest absolute Gasteiger partial charge is 0.261 e. The molecule has 0 aromatic heterocycles. The Hall–Kier alpha value is -3.67. The van der Waals surface area contributed by atoms with Gasteiger partial charge in [0, 0.05) is 19.0 Å². The van der Waals surface area contributed by atoms with Crippen LogP contribution in [-0.4, -0.2) is 35.4 Å². The van der Waals surface area contributed by atoms with Crippen LogP contribution in [0.3, 0.4) is 0 Å². The van der Waals surface area contributed by atoms with Gasteiger partial charge in [-0.05, 0) is 53.1 Å². The number of nitrogens with zero attached hydrogens (tertiary/aromatic N) is 1. The molecule has 1 atom stereocenters. The van der Waals surface area contributed by atoms with E-state index in [0.29, 0.717) is 12.2 Å². The predicted molar refractivity (Wildman–Crippen MR) is 152 cm³/mol. The molecule has 1 aliphatic carbocycles. The number of carbonyl (C=O) groups is 2. The Balaban J connectivity index is 1.63. The number of halogens is 1. The van der Waals surface area contributed by atoms with E-state index in [4.69, 9.17) is 4.74 Å².